The van der Waals surface area contributed by atoms with Crippen LogP contribution >= 0.6 is 0 Å². The van der Waals surface area contributed by atoms with Crippen LogP contribution in [0.2, 0.25) is 0 Å². The van der Waals surface area contributed by atoms with Gasteiger partial charge in [-0.05, 0) is 17.7 Å². The fourth-order valence-corrected chi connectivity index (χ4v) is 1.70. The van der Waals surface area contributed by atoms with E-state index < -0.39 is 0 Å². The average Bonchev–Trinajstić information content (AvgIpc) is 2.93. The van der Waals surface area contributed by atoms with Crippen LogP contribution in [-0.2, 0) is 17.6 Å². The SMILES string of the molecule is N#Cc1ccc(CC(=O)NCCc2ncc[nH]2)cc1. The summed E-state index contributed by atoms with van der Waals surface area (Å²) in [4.78, 5) is 18.7. The molecule has 96 valence electrons. The van der Waals surface area contributed by atoms with Crippen molar-refractivity contribution in [2.24, 2.45) is 0 Å². The van der Waals surface area contributed by atoms with E-state index in [0.29, 0.717) is 24.9 Å². The summed E-state index contributed by atoms with van der Waals surface area (Å²) < 4.78 is 0. The van der Waals surface area contributed by atoms with Gasteiger partial charge in [0.25, 0.3) is 0 Å². The first-order valence-electron chi connectivity index (χ1n) is 6.02. The lowest BCUT2D eigenvalue weighted by molar-refractivity contribution is -0.120. The number of nitriles is 1. The van der Waals surface area contributed by atoms with E-state index >= 15 is 0 Å². The van der Waals surface area contributed by atoms with E-state index in [1.54, 1.807) is 36.7 Å². The Morgan fingerprint density at radius 2 is 2.16 bits per heavy atom. The molecule has 0 spiro atoms. The van der Waals surface area contributed by atoms with Crippen LogP contribution in [0.15, 0.2) is 36.7 Å². The van der Waals surface area contributed by atoms with Gasteiger partial charge in [-0.2, -0.15) is 5.26 Å². The minimum Gasteiger partial charge on any atom is -0.355 e. The summed E-state index contributed by atoms with van der Waals surface area (Å²) in [5, 5.41) is 11.5. The molecule has 1 heterocycles. The van der Waals surface area contributed by atoms with Gasteiger partial charge in [-0.1, -0.05) is 12.1 Å². The highest BCUT2D eigenvalue weighted by molar-refractivity contribution is 5.78. The molecule has 0 aliphatic heterocycles. The molecule has 0 unspecified atom stereocenters. The van der Waals surface area contributed by atoms with Gasteiger partial charge in [0.2, 0.25) is 5.91 Å². The van der Waals surface area contributed by atoms with Crippen LogP contribution in [0.1, 0.15) is 17.0 Å². The number of hydrogen-bond donors (Lipinski definition) is 2. The largest absolute Gasteiger partial charge is 0.355 e. The van der Waals surface area contributed by atoms with Gasteiger partial charge in [-0.25, -0.2) is 4.98 Å². The van der Waals surface area contributed by atoms with Gasteiger partial charge in [-0.15, -0.1) is 0 Å². The summed E-state index contributed by atoms with van der Waals surface area (Å²) in [5.41, 5.74) is 1.50. The van der Waals surface area contributed by atoms with Crippen molar-refractivity contribution in [3.8, 4) is 6.07 Å². The Morgan fingerprint density at radius 1 is 1.37 bits per heavy atom. The van der Waals surface area contributed by atoms with Crippen molar-refractivity contribution in [3.63, 3.8) is 0 Å². The van der Waals surface area contributed by atoms with Crippen LogP contribution in [0, 0.1) is 11.3 Å². The van der Waals surface area contributed by atoms with E-state index in [-0.39, 0.29) is 5.91 Å². The monoisotopic (exact) mass is 254 g/mol. The van der Waals surface area contributed by atoms with E-state index in [4.69, 9.17) is 5.26 Å². The molecular weight excluding hydrogens is 240 g/mol. The Labute approximate surface area is 111 Å². The molecule has 1 aromatic heterocycles. The van der Waals surface area contributed by atoms with Crippen molar-refractivity contribution < 1.29 is 4.79 Å². The first-order valence-corrected chi connectivity index (χ1v) is 6.02. The van der Waals surface area contributed by atoms with E-state index in [9.17, 15) is 4.79 Å². The van der Waals surface area contributed by atoms with Gasteiger partial charge in [0.05, 0.1) is 18.1 Å². The maximum atomic E-state index is 11.7. The van der Waals surface area contributed by atoms with Crippen LogP contribution in [0.5, 0.6) is 0 Å². The number of aromatic amines is 1. The smallest absolute Gasteiger partial charge is 0.224 e. The van der Waals surface area contributed by atoms with E-state index in [2.05, 4.69) is 15.3 Å². The molecule has 0 bridgehead atoms. The highest BCUT2D eigenvalue weighted by Gasteiger charge is 2.03. The molecular formula is C14H14N4O. The molecule has 1 amide bonds. The molecule has 0 saturated carbocycles. The molecule has 19 heavy (non-hydrogen) atoms. The third-order valence-electron chi connectivity index (χ3n) is 2.69. The van der Waals surface area contributed by atoms with Crippen molar-refractivity contribution in [2.45, 2.75) is 12.8 Å². The van der Waals surface area contributed by atoms with Crippen molar-refractivity contribution >= 4 is 5.91 Å². The average molecular weight is 254 g/mol. The Kier molecular flexibility index (Phi) is 4.29. The summed E-state index contributed by atoms with van der Waals surface area (Å²) in [6.07, 6.45) is 4.46. The topological polar surface area (TPSA) is 81.6 Å². The molecule has 5 heteroatoms. The predicted molar refractivity (Wildman–Crippen MR) is 70.2 cm³/mol. The summed E-state index contributed by atoms with van der Waals surface area (Å²) in [5.74, 6) is 0.829. The number of nitrogens with zero attached hydrogens (tertiary/aromatic N) is 2. The lowest BCUT2D eigenvalue weighted by Gasteiger charge is -2.04. The third kappa shape index (κ3) is 3.96. The van der Waals surface area contributed by atoms with Crippen molar-refractivity contribution in [2.75, 3.05) is 6.54 Å². The maximum absolute atomic E-state index is 11.7. The second-order valence-electron chi connectivity index (χ2n) is 4.12. The molecule has 0 saturated heterocycles. The number of aromatic nitrogens is 2. The molecule has 5 nitrogen and oxygen atoms in total. The number of H-pyrrole nitrogens is 1. The molecule has 0 aliphatic rings. The second-order valence-corrected chi connectivity index (χ2v) is 4.12. The highest BCUT2D eigenvalue weighted by atomic mass is 16.1. The maximum Gasteiger partial charge on any atom is 0.224 e. The Balaban J connectivity index is 1.76. The summed E-state index contributed by atoms with van der Waals surface area (Å²) in [7, 11) is 0. The number of benzene rings is 1. The van der Waals surface area contributed by atoms with E-state index in [0.717, 1.165) is 11.4 Å². The zero-order valence-corrected chi connectivity index (χ0v) is 10.4. The summed E-state index contributed by atoms with van der Waals surface area (Å²) >= 11 is 0. The van der Waals surface area contributed by atoms with Crippen LogP contribution < -0.4 is 5.32 Å². The summed E-state index contributed by atoms with van der Waals surface area (Å²) in [6.45, 7) is 0.558. The Morgan fingerprint density at radius 3 is 2.79 bits per heavy atom. The minimum atomic E-state index is -0.0312. The van der Waals surface area contributed by atoms with Gasteiger partial charge in [0.1, 0.15) is 5.82 Å². The number of carbonyl (C=O) groups is 1. The standard InChI is InChI=1S/C14H14N4O/c15-10-12-3-1-11(2-4-12)9-14(19)18-6-5-13-16-7-8-17-13/h1-4,7-8H,5-6,9H2,(H,16,17)(H,18,19). The molecule has 0 atom stereocenters. The zero-order chi connectivity index (χ0) is 13.5. The number of amides is 1. The first-order chi connectivity index (χ1) is 9.28. The van der Waals surface area contributed by atoms with Gasteiger partial charge >= 0.3 is 0 Å². The minimum absolute atomic E-state index is 0.0312. The molecule has 0 fully saturated rings. The molecule has 1 aromatic carbocycles. The van der Waals surface area contributed by atoms with Gasteiger partial charge in [0, 0.05) is 25.4 Å². The lowest BCUT2D eigenvalue weighted by atomic mass is 10.1. The number of carbonyl (C=O) groups excluding carboxylic acids is 1. The number of nitrogens with one attached hydrogen (secondary N) is 2. The van der Waals surface area contributed by atoms with Crippen molar-refractivity contribution in [3.05, 3.63) is 53.6 Å². The first kappa shape index (κ1) is 12.8. The van der Waals surface area contributed by atoms with Gasteiger partial charge in [0.15, 0.2) is 0 Å². The number of imidazole rings is 1. The Hall–Kier alpha value is -2.61. The molecule has 0 aliphatic carbocycles. The quantitative estimate of drug-likeness (QED) is 0.840. The van der Waals surface area contributed by atoms with Crippen LogP contribution in [0.25, 0.3) is 0 Å². The third-order valence-corrected chi connectivity index (χ3v) is 2.69. The zero-order valence-electron chi connectivity index (χ0n) is 10.4. The summed E-state index contributed by atoms with van der Waals surface area (Å²) in [6, 6.07) is 9.07. The molecule has 2 N–H and O–H groups in total. The molecule has 0 radical (unpaired) electrons. The molecule has 2 rings (SSSR count). The predicted octanol–water partition coefficient (Wildman–Crippen LogP) is 1.18. The van der Waals surface area contributed by atoms with Gasteiger partial charge < -0.3 is 10.3 Å². The Bertz CT molecular complexity index is 566. The van der Waals surface area contributed by atoms with E-state index in [1.807, 2.05) is 6.07 Å². The fraction of sp³-hybridized carbons (Fsp3) is 0.214. The van der Waals surface area contributed by atoms with Crippen molar-refractivity contribution in [1.29, 1.82) is 5.26 Å². The number of rotatable bonds is 5. The van der Waals surface area contributed by atoms with Crippen LogP contribution in [0.4, 0.5) is 0 Å². The highest BCUT2D eigenvalue weighted by Crippen LogP contribution is 2.03. The van der Waals surface area contributed by atoms with Crippen LogP contribution in [-0.4, -0.2) is 22.4 Å². The normalized spacial score (nSPS) is 9.84. The lowest BCUT2D eigenvalue weighted by Crippen LogP contribution is -2.27. The van der Waals surface area contributed by atoms with Crippen molar-refractivity contribution in [1.82, 2.24) is 15.3 Å². The van der Waals surface area contributed by atoms with Crippen LogP contribution in [0.3, 0.4) is 0 Å². The fourth-order valence-electron chi connectivity index (χ4n) is 1.70. The van der Waals surface area contributed by atoms with Gasteiger partial charge in [-0.3, -0.25) is 4.79 Å². The number of hydrogen-bond acceptors (Lipinski definition) is 3. The van der Waals surface area contributed by atoms with E-state index in [1.165, 1.54) is 0 Å². The molecule has 2 aromatic rings. The second kappa shape index (κ2) is 6.36.